The zero-order valence-corrected chi connectivity index (χ0v) is 13.2. The van der Waals surface area contributed by atoms with Crippen LogP contribution in [-0.2, 0) is 4.79 Å². The Hall–Kier alpha value is -1.76. The number of nitrogens with one attached hydrogen (secondary N) is 1. The quantitative estimate of drug-likeness (QED) is 0.631. The second-order valence-electron chi connectivity index (χ2n) is 4.38. The van der Waals surface area contributed by atoms with Crippen LogP contribution in [0.2, 0.25) is 0 Å². The van der Waals surface area contributed by atoms with Crippen molar-refractivity contribution >= 4 is 39.9 Å². The van der Waals surface area contributed by atoms with Gasteiger partial charge in [0.15, 0.2) is 6.61 Å². The number of rotatable bonds is 4. The average molecular weight is 382 g/mol. The van der Waals surface area contributed by atoms with Crippen molar-refractivity contribution in [2.45, 2.75) is 6.92 Å². The van der Waals surface area contributed by atoms with E-state index in [0.717, 1.165) is 9.13 Å². The van der Waals surface area contributed by atoms with E-state index >= 15 is 0 Å². The molecule has 0 aliphatic heterocycles. The van der Waals surface area contributed by atoms with Gasteiger partial charge < -0.3 is 15.8 Å². The Labute approximate surface area is 131 Å². The molecule has 4 nitrogen and oxygen atoms in total. The van der Waals surface area contributed by atoms with Crippen LogP contribution < -0.4 is 15.8 Å². The first kappa shape index (κ1) is 14.6. The summed E-state index contributed by atoms with van der Waals surface area (Å²) in [4.78, 5) is 11.8. The van der Waals surface area contributed by atoms with Crippen molar-refractivity contribution < 1.29 is 9.53 Å². The fourth-order valence-corrected chi connectivity index (χ4v) is 2.20. The summed E-state index contributed by atoms with van der Waals surface area (Å²) in [6, 6.07) is 13.0. The third-order valence-corrected chi connectivity index (χ3v) is 3.32. The third-order valence-electron chi connectivity index (χ3n) is 2.65. The van der Waals surface area contributed by atoms with Gasteiger partial charge in [-0.15, -0.1) is 0 Å². The highest BCUT2D eigenvalue weighted by atomic mass is 127. The predicted molar refractivity (Wildman–Crippen MR) is 88.9 cm³/mol. The largest absolute Gasteiger partial charge is 0.484 e. The Morgan fingerprint density at radius 2 is 2.10 bits per heavy atom. The molecule has 0 saturated heterocycles. The lowest BCUT2D eigenvalue weighted by atomic mass is 10.2. The summed E-state index contributed by atoms with van der Waals surface area (Å²) in [6.45, 7) is 1.90. The van der Waals surface area contributed by atoms with Crippen molar-refractivity contribution in [3.05, 3.63) is 51.6 Å². The van der Waals surface area contributed by atoms with E-state index in [1.807, 2.05) is 43.3 Å². The standard InChI is InChI=1S/C15H15IN2O2/c1-10-5-6-14(13(17)7-10)18-15(19)9-20-12-4-2-3-11(16)8-12/h2-8H,9,17H2,1H3,(H,18,19). The molecule has 0 fully saturated rings. The summed E-state index contributed by atoms with van der Waals surface area (Å²) >= 11 is 2.19. The molecule has 0 saturated carbocycles. The number of benzene rings is 2. The highest BCUT2D eigenvalue weighted by molar-refractivity contribution is 14.1. The van der Waals surface area contributed by atoms with Crippen LogP contribution in [0.15, 0.2) is 42.5 Å². The van der Waals surface area contributed by atoms with Gasteiger partial charge in [-0.2, -0.15) is 0 Å². The molecule has 0 aromatic heterocycles. The van der Waals surface area contributed by atoms with E-state index in [0.29, 0.717) is 17.1 Å². The minimum Gasteiger partial charge on any atom is -0.484 e. The number of hydrogen-bond donors (Lipinski definition) is 2. The van der Waals surface area contributed by atoms with Gasteiger partial charge in [0.2, 0.25) is 0 Å². The number of aryl methyl sites for hydroxylation is 1. The molecule has 20 heavy (non-hydrogen) atoms. The van der Waals surface area contributed by atoms with Gasteiger partial charge in [-0.05, 0) is 65.4 Å². The first-order valence-electron chi connectivity index (χ1n) is 6.09. The fraction of sp³-hybridized carbons (Fsp3) is 0.133. The van der Waals surface area contributed by atoms with E-state index < -0.39 is 0 Å². The number of amides is 1. The molecule has 0 heterocycles. The van der Waals surface area contributed by atoms with Crippen LogP contribution in [-0.4, -0.2) is 12.5 Å². The van der Waals surface area contributed by atoms with Crippen molar-refractivity contribution in [2.75, 3.05) is 17.7 Å². The van der Waals surface area contributed by atoms with Gasteiger partial charge in [0.1, 0.15) is 5.75 Å². The number of ether oxygens (including phenoxy) is 1. The normalized spacial score (nSPS) is 10.1. The predicted octanol–water partition coefficient (Wildman–Crippen LogP) is 3.20. The molecule has 104 valence electrons. The Kier molecular flexibility index (Phi) is 4.84. The van der Waals surface area contributed by atoms with E-state index in [1.54, 1.807) is 6.07 Å². The molecule has 2 aromatic carbocycles. The van der Waals surface area contributed by atoms with E-state index in [2.05, 4.69) is 27.9 Å². The van der Waals surface area contributed by atoms with Crippen LogP contribution >= 0.6 is 22.6 Å². The first-order valence-corrected chi connectivity index (χ1v) is 7.17. The van der Waals surface area contributed by atoms with E-state index in [1.165, 1.54) is 0 Å². The molecule has 0 bridgehead atoms. The number of carbonyl (C=O) groups is 1. The van der Waals surface area contributed by atoms with E-state index in [9.17, 15) is 4.79 Å². The van der Waals surface area contributed by atoms with Gasteiger partial charge >= 0.3 is 0 Å². The maximum absolute atomic E-state index is 11.8. The number of anilines is 2. The topological polar surface area (TPSA) is 64.3 Å². The minimum atomic E-state index is -0.237. The lowest BCUT2D eigenvalue weighted by Gasteiger charge is -2.10. The van der Waals surface area contributed by atoms with E-state index in [4.69, 9.17) is 10.5 Å². The Morgan fingerprint density at radius 1 is 1.30 bits per heavy atom. The van der Waals surface area contributed by atoms with Crippen molar-refractivity contribution in [1.82, 2.24) is 0 Å². The van der Waals surface area contributed by atoms with Crippen LogP contribution in [0, 0.1) is 10.5 Å². The minimum absolute atomic E-state index is 0.0482. The van der Waals surface area contributed by atoms with E-state index in [-0.39, 0.29) is 12.5 Å². The second-order valence-corrected chi connectivity index (χ2v) is 5.63. The molecule has 3 N–H and O–H groups in total. The smallest absolute Gasteiger partial charge is 0.262 e. The molecule has 0 spiro atoms. The Balaban J connectivity index is 1.92. The van der Waals surface area contributed by atoms with Crippen molar-refractivity contribution in [3.8, 4) is 5.75 Å². The number of hydrogen-bond acceptors (Lipinski definition) is 3. The summed E-state index contributed by atoms with van der Waals surface area (Å²) in [5, 5.41) is 2.73. The number of nitrogens with two attached hydrogens (primary N) is 1. The summed E-state index contributed by atoms with van der Waals surface area (Å²) < 4.78 is 6.49. The lowest BCUT2D eigenvalue weighted by molar-refractivity contribution is -0.118. The van der Waals surface area contributed by atoms with Crippen molar-refractivity contribution in [2.24, 2.45) is 0 Å². The SMILES string of the molecule is Cc1ccc(NC(=O)COc2cccc(I)c2)c(N)c1. The van der Waals surface area contributed by atoms with Crippen molar-refractivity contribution in [1.29, 1.82) is 0 Å². The first-order chi connectivity index (χ1) is 9.54. The van der Waals surface area contributed by atoms with Gasteiger partial charge in [0, 0.05) is 3.57 Å². The molecule has 2 rings (SSSR count). The molecule has 0 unspecified atom stereocenters. The molecule has 0 radical (unpaired) electrons. The molecule has 5 heteroatoms. The zero-order chi connectivity index (χ0) is 14.5. The maximum atomic E-state index is 11.8. The Bertz CT molecular complexity index is 629. The highest BCUT2D eigenvalue weighted by Gasteiger charge is 2.06. The molecule has 2 aromatic rings. The van der Waals surface area contributed by atoms with Crippen LogP contribution in [0.5, 0.6) is 5.75 Å². The summed E-state index contributed by atoms with van der Waals surface area (Å²) in [5.74, 6) is 0.434. The molecule has 0 aliphatic carbocycles. The monoisotopic (exact) mass is 382 g/mol. The zero-order valence-electron chi connectivity index (χ0n) is 11.0. The molecular weight excluding hydrogens is 367 g/mol. The lowest BCUT2D eigenvalue weighted by Crippen LogP contribution is -2.20. The van der Waals surface area contributed by atoms with Gasteiger partial charge in [-0.1, -0.05) is 12.1 Å². The second kappa shape index (κ2) is 6.60. The molecule has 0 aliphatic rings. The highest BCUT2D eigenvalue weighted by Crippen LogP contribution is 2.19. The average Bonchev–Trinajstić information content (AvgIpc) is 2.40. The van der Waals surface area contributed by atoms with Gasteiger partial charge in [-0.3, -0.25) is 4.79 Å². The van der Waals surface area contributed by atoms with Gasteiger partial charge in [0.25, 0.3) is 5.91 Å². The maximum Gasteiger partial charge on any atom is 0.262 e. The van der Waals surface area contributed by atoms with Crippen LogP contribution in [0.1, 0.15) is 5.56 Å². The summed E-state index contributed by atoms with van der Waals surface area (Å²) in [5.41, 5.74) is 8.04. The Morgan fingerprint density at radius 3 is 2.80 bits per heavy atom. The van der Waals surface area contributed by atoms with Crippen molar-refractivity contribution in [3.63, 3.8) is 0 Å². The molecular formula is C15H15IN2O2. The van der Waals surface area contributed by atoms with Gasteiger partial charge in [0.05, 0.1) is 11.4 Å². The number of halogens is 1. The number of nitrogen functional groups attached to an aromatic ring is 1. The van der Waals surface area contributed by atoms with Crippen LogP contribution in [0.4, 0.5) is 11.4 Å². The summed E-state index contributed by atoms with van der Waals surface area (Å²) in [6.07, 6.45) is 0. The summed E-state index contributed by atoms with van der Waals surface area (Å²) in [7, 11) is 0. The molecule has 0 atom stereocenters. The molecule has 1 amide bonds. The van der Waals surface area contributed by atoms with Crippen LogP contribution in [0.25, 0.3) is 0 Å². The third kappa shape index (κ3) is 4.12. The van der Waals surface area contributed by atoms with Gasteiger partial charge in [-0.25, -0.2) is 0 Å². The van der Waals surface area contributed by atoms with Crippen LogP contribution in [0.3, 0.4) is 0 Å². The number of carbonyl (C=O) groups excluding carboxylic acids is 1. The fourth-order valence-electron chi connectivity index (χ4n) is 1.69.